The highest BCUT2D eigenvalue weighted by atomic mass is 35.5. The molecule has 256 valence electrons. The molecule has 0 bridgehead atoms. The van der Waals surface area contributed by atoms with Crippen LogP contribution in [0.1, 0.15) is 52.7 Å². The first kappa shape index (κ1) is 37.1. The van der Waals surface area contributed by atoms with Crippen LogP contribution in [0.15, 0.2) is 84.9 Å². The number of carbonyl (C=O) groups excluding carboxylic acids is 1. The van der Waals surface area contributed by atoms with Gasteiger partial charge in [0, 0.05) is 12.1 Å². The first-order chi connectivity index (χ1) is 22.5. The number of rotatable bonds is 15. The van der Waals surface area contributed by atoms with Gasteiger partial charge < -0.3 is 32.8 Å². The molecule has 0 N–H and O–H groups in total. The fourth-order valence-electron chi connectivity index (χ4n) is 6.71. The van der Waals surface area contributed by atoms with Crippen molar-refractivity contribution < 1.29 is 37.6 Å². The molecule has 0 unspecified atom stereocenters. The second-order valence-corrected chi connectivity index (χ2v) is 18.7. The molecule has 1 aliphatic rings. The molecule has 1 fully saturated rings. The SMILES string of the molecule is CO[C@@H]1O[C@H](CO[Si](C(C)C)(C(C)C)C(C)C)[C@@H](OCc2ccccc2)[C@H](OCc2ccccc2)[C@H]1OC(=O)Oc1ccc(Cl)cc1. The van der Waals surface area contributed by atoms with Crippen LogP contribution in [0, 0.1) is 0 Å². The Balaban J connectivity index is 1.68. The van der Waals surface area contributed by atoms with E-state index < -0.39 is 45.2 Å². The molecule has 3 aromatic carbocycles. The number of hydrogen-bond acceptors (Lipinski definition) is 8. The predicted molar refractivity (Wildman–Crippen MR) is 185 cm³/mol. The van der Waals surface area contributed by atoms with E-state index in [1.54, 1.807) is 24.3 Å². The van der Waals surface area contributed by atoms with Crippen molar-refractivity contribution in [1.29, 1.82) is 0 Å². The van der Waals surface area contributed by atoms with Crippen molar-refractivity contribution in [3.63, 3.8) is 0 Å². The quantitative estimate of drug-likeness (QED) is 0.0892. The Hall–Kier alpha value is -2.76. The van der Waals surface area contributed by atoms with Crippen molar-refractivity contribution >= 4 is 26.1 Å². The van der Waals surface area contributed by atoms with Crippen molar-refractivity contribution in [2.24, 2.45) is 0 Å². The van der Waals surface area contributed by atoms with Crippen molar-refractivity contribution in [3.05, 3.63) is 101 Å². The number of halogens is 1. The number of ether oxygens (including phenoxy) is 6. The first-order valence-corrected chi connectivity index (χ1v) is 18.8. The van der Waals surface area contributed by atoms with E-state index in [1.807, 2.05) is 60.7 Å². The summed E-state index contributed by atoms with van der Waals surface area (Å²) in [5, 5.41) is 0.520. The zero-order valence-corrected chi connectivity index (χ0v) is 30.2. The Morgan fingerprint density at radius 3 is 1.74 bits per heavy atom. The molecule has 0 aromatic heterocycles. The molecule has 4 rings (SSSR count). The summed E-state index contributed by atoms with van der Waals surface area (Å²) in [4.78, 5) is 13.2. The van der Waals surface area contributed by atoms with Crippen molar-refractivity contribution in [3.8, 4) is 5.75 Å². The van der Waals surface area contributed by atoms with E-state index in [4.69, 9.17) is 44.4 Å². The summed E-state index contributed by atoms with van der Waals surface area (Å²) in [6.45, 7) is 14.3. The summed E-state index contributed by atoms with van der Waals surface area (Å²) in [5.74, 6) is 0.285. The largest absolute Gasteiger partial charge is 0.514 e. The van der Waals surface area contributed by atoms with Crippen molar-refractivity contribution in [2.45, 2.75) is 102 Å². The fraction of sp³-hybridized carbons (Fsp3) is 0.486. The molecular formula is C37H49ClO8Si. The number of hydrogen-bond donors (Lipinski definition) is 0. The van der Waals surface area contributed by atoms with Gasteiger partial charge in [-0.2, -0.15) is 0 Å². The average Bonchev–Trinajstić information content (AvgIpc) is 3.05. The Morgan fingerprint density at radius 1 is 0.745 bits per heavy atom. The van der Waals surface area contributed by atoms with Crippen LogP contribution in [0.2, 0.25) is 21.6 Å². The Labute approximate surface area is 285 Å². The van der Waals surface area contributed by atoms with Gasteiger partial charge in [-0.15, -0.1) is 0 Å². The highest BCUT2D eigenvalue weighted by molar-refractivity contribution is 6.77. The zero-order chi connectivity index (χ0) is 34.0. The Bertz CT molecular complexity index is 1330. The summed E-state index contributed by atoms with van der Waals surface area (Å²) >= 11 is 6.01. The smallest absolute Gasteiger partial charge is 0.422 e. The topological polar surface area (TPSA) is 81.7 Å². The molecule has 3 aromatic rings. The van der Waals surface area contributed by atoms with Gasteiger partial charge in [0.2, 0.25) is 0 Å². The second-order valence-electron chi connectivity index (χ2n) is 12.8. The van der Waals surface area contributed by atoms with Gasteiger partial charge in [0.1, 0.15) is 24.1 Å². The average molecular weight is 685 g/mol. The van der Waals surface area contributed by atoms with Gasteiger partial charge >= 0.3 is 6.16 Å². The lowest BCUT2D eigenvalue weighted by molar-refractivity contribution is -0.311. The van der Waals surface area contributed by atoms with E-state index in [-0.39, 0.29) is 25.6 Å². The first-order valence-electron chi connectivity index (χ1n) is 16.3. The van der Waals surface area contributed by atoms with Gasteiger partial charge in [-0.05, 0) is 52.0 Å². The summed E-state index contributed by atoms with van der Waals surface area (Å²) in [6, 6.07) is 26.1. The summed E-state index contributed by atoms with van der Waals surface area (Å²) < 4.78 is 44.1. The van der Waals surface area contributed by atoms with Crippen LogP contribution in [-0.2, 0) is 41.3 Å². The normalized spacial score (nSPS) is 21.7. The molecule has 0 radical (unpaired) electrons. The molecule has 1 saturated heterocycles. The molecular weight excluding hydrogens is 636 g/mol. The third kappa shape index (κ3) is 9.66. The lowest BCUT2D eigenvalue weighted by atomic mass is 9.98. The molecule has 5 atom stereocenters. The van der Waals surface area contributed by atoms with E-state index in [1.165, 1.54) is 7.11 Å². The van der Waals surface area contributed by atoms with Gasteiger partial charge in [-0.25, -0.2) is 4.79 Å². The van der Waals surface area contributed by atoms with Crippen molar-refractivity contribution in [2.75, 3.05) is 13.7 Å². The van der Waals surface area contributed by atoms with Gasteiger partial charge in [0.05, 0.1) is 19.8 Å². The van der Waals surface area contributed by atoms with Crippen LogP contribution < -0.4 is 4.74 Å². The molecule has 1 heterocycles. The molecule has 47 heavy (non-hydrogen) atoms. The predicted octanol–water partition coefficient (Wildman–Crippen LogP) is 8.96. The van der Waals surface area contributed by atoms with Crippen LogP contribution in [0.3, 0.4) is 0 Å². The van der Waals surface area contributed by atoms with Crippen LogP contribution in [0.25, 0.3) is 0 Å². The minimum Gasteiger partial charge on any atom is -0.422 e. The monoisotopic (exact) mass is 684 g/mol. The van der Waals surface area contributed by atoms with Crippen LogP contribution in [0.5, 0.6) is 5.75 Å². The van der Waals surface area contributed by atoms with E-state index in [2.05, 4.69) is 41.5 Å². The molecule has 1 aliphatic heterocycles. The lowest BCUT2D eigenvalue weighted by Gasteiger charge is -2.47. The van der Waals surface area contributed by atoms with Crippen LogP contribution in [-0.4, -0.2) is 58.9 Å². The Kier molecular flexibility index (Phi) is 13.9. The van der Waals surface area contributed by atoms with Gasteiger partial charge in [0.25, 0.3) is 0 Å². The molecule has 0 amide bonds. The summed E-state index contributed by atoms with van der Waals surface area (Å²) in [6.07, 6.45) is -5.00. The highest BCUT2D eigenvalue weighted by Gasteiger charge is 2.52. The lowest BCUT2D eigenvalue weighted by Crippen LogP contribution is -2.63. The minimum absolute atomic E-state index is 0.246. The van der Waals surface area contributed by atoms with Crippen LogP contribution in [0.4, 0.5) is 4.79 Å². The number of benzene rings is 3. The van der Waals surface area contributed by atoms with E-state index in [0.29, 0.717) is 21.6 Å². The van der Waals surface area contributed by atoms with E-state index in [9.17, 15) is 4.79 Å². The standard InChI is InChI=1S/C37H49ClO8Si/c1-25(2)47(26(3)4,27(5)6)43-24-32-33(41-22-28-14-10-8-11-15-28)34(42-23-29-16-12-9-13-17-29)35(36(40-7)45-32)46-37(39)44-31-20-18-30(38)19-21-31/h8-21,25-27,32-36H,22-24H2,1-7H3/t32-,33-,34+,35-,36-/m1/s1. The zero-order valence-electron chi connectivity index (χ0n) is 28.5. The maximum Gasteiger partial charge on any atom is 0.514 e. The minimum atomic E-state index is -2.28. The Morgan fingerprint density at radius 2 is 1.26 bits per heavy atom. The fourth-order valence-corrected chi connectivity index (χ4v) is 12.3. The van der Waals surface area contributed by atoms with Crippen LogP contribution >= 0.6 is 11.6 Å². The summed E-state index contributed by atoms with van der Waals surface area (Å²) in [7, 11) is -0.764. The van der Waals surface area contributed by atoms with Gasteiger partial charge in [0.15, 0.2) is 20.7 Å². The maximum atomic E-state index is 13.2. The molecule has 0 saturated carbocycles. The van der Waals surface area contributed by atoms with Gasteiger partial charge in [-0.3, -0.25) is 0 Å². The maximum absolute atomic E-state index is 13.2. The third-order valence-corrected chi connectivity index (χ3v) is 15.2. The van der Waals surface area contributed by atoms with E-state index in [0.717, 1.165) is 11.1 Å². The third-order valence-electron chi connectivity index (χ3n) is 8.85. The van der Waals surface area contributed by atoms with Gasteiger partial charge in [-0.1, -0.05) is 114 Å². The molecule has 0 spiro atoms. The number of carbonyl (C=O) groups is 1. The van der Waals surface area contributed by atoms with Crippen molar-refractivity contribution in [1.82, 2.24) is 0 Å². The molecule has 10 heteroatoms. The molecule has 0 aliphatic carbocycles. The highest BCUT2D eigenvalue weighted by Crippen LogP contribution is 2.43. The summed E-state index contributed by atoms with van der Waals surface area (Å²) in [5.41, 5.74) is 3.05. The number of methoxy groups -OCH3 is 1. The second kappa shape index (κ2) is 17.6. The van der Waals surface area contributed by atoms with E-state index >= 15 is 0 Å². The molecule has 8 nitrogen and oxygen atoms in total.